The molecule has 2 heterocycles. The van der Waals surface area contributed by atoms with E-state index in [9.17, 15) is 18.0 Å². The van der Waals surface area contributed by atoms with E-state index in [0.29, 0.717) is 6.42 Å². The molecule has 21 heavy (non-hydrogen) atoms. The number of sulfonamides is 1. The lowest BCUT2D eigenvalue weighted by atomic mass is 10.2. The number of aliphatic carboxylic acids is 1. The molecule has 0 amide bonds. The summed E-state index contributed by atoms with van der Waals surface area (Å²) in [5, 5.41) is 9.09. The van der Waals surface area contributed by atoms with Crippen molar-refractivity contribution < 1.29 is 32.3 Å². The molecular formula is C12H15NO7S. The van der Waals surface area contributed by atoms with Gasteiger partial charge in [0, 0.05) is 12.6 Å². The Morgan fingerprint density at radius 3 is 2.71 bits per heavy atom. The summed E-state index contributed by atoms with van der Waals surface area (Å²) in [7, 11) is -2.89. The minimum atomic E-state index is -4.03. The van der Waals surface area contributed by atoms with Crippen LogP contribution in [0.25, 0.3) is 0 Å². The fourth-order valence-corrected chi connectivity index (χ4v) is 4.14. The van der Waals surface area contributed by atoms with Crippen molar-refractivity contribution in [1.29, 1.82) is 0 Å². The van der Waals surface area contributed by atoms with E-state index in [2.05, 4.69) is 4.74 Å². The summed E-state index contributed by atoms with van der Waals surface area (Å²) in [6.07, 6.45) is 0.728. The largest absolute Gasteiger partial charge is 0.480 e. The minimum Gasteiger partial charge on any atom is -0.480 e. The molecule has 1 fully saturated rings. The van der Waals surface area contributed by atoms with Crippen LogP contribution in [0.4, 0.5) is 0 Å². The molecule has 1 aliphatic rings. The van der Waals surface area contributed by atoms with Crippen LogP contribution in [0.15, 0.2) is 15.4 Å². The number of hydrogen-bond acceptors (Lipinski definition) is 6. The van der Waals surface area contributed by atoms with E-state index < -0.39 is 28.0 Å². The van der Waals surface area contributed by atoms with Gasteiger partial charge in [0.15, 0.2) is 0 Å². The van der Waals surface area contributed by atoms with Gasteiger partial charge in [0.1, 0.15) is 16.7 Å². The van der Waals surface area contributed by atoms with E-state index in [0.717, 1.165) is 17.5 Å². The van der Waals surface area contributed by atoms with E-state index in [1.807, 2.05) is 0 Å². The summed E-state index contributed by atoms with van der Waals surface area (Å²) in [5.74, 6) is -2.20. The fraction of sp³-hybridized carbons (Fsp3) is 0.500. The molecule has 1 saturated heterocycles. The summed E-state index contributed by atoms with van der Waals surface area (Å²) in [5.41, 5.74) is 0. The molecule has 0 aromatic carbocycles. The molecule has 0 bridgehead atoms. The molecule has 0 radical (unpaired) electrons. The highest BCUT2D eigenvalue weighted by molar-refractivity contribution is 7.89. The summed E-state index contributed by atoms with van der Waals surface area (Å²) in [6.45, 7) is 1.52. The molecule has 0 spiro atoms. The van der Waals surface area contributed by atoms with Crippen molar-refractivity contribution in [2.75, 3.05) is 13.7 Å². The van der Waals surface area contributed by atoms with Crippen LogP contribution >= 0.6 is 0 Å². The van der Waals surface area contributed by atoms with Gasteiger partial charge < -0.3 is 14.3 Å². The number of carboxylic acids is 1. The van der Waals surface area contributed by atoms with Gasteiger partial charge in [-0.25, -0.2) is 13.2 Å². The Bertz CT molecular complexity index is 676. The van der Waals surface area contributed by atoms with Crippen LogP contribution in [-0.4, -0.2) is 49.5 Å². The molecule has 9 heteroatoms. The topological polar surface area (TPSA) is 114 Å². The standard InChI is InChI=1S/C12H15NO7S/c1-7-10(6-9(20-7)12(16)19-2)21(17,18)13-5-3-4-8(13)11(14)15/h6,8H,3-5H2,1-2H3,(H,14,15)/t8-/m0/s1. The van der Waals surface area contributed by atoms with Crippen LogP contribution in [0.2, 0.25) is 0 Å². The third kappa shape index (κ3) is 2.66. The average Bonchev–Trinajstić information content (AvgIpc) is 3.04. The molecule has 0 aliphatic carbocycles. The molecule has 116 valence electrons. The van der Waals surface area contributed by atoms with Gasteiger partial charge >= 0.3 is 11.9 Å². The zero-order chi connectivity index (χ0) is 15.8. The molecule has 0 saturated carbocycles. The van der Waals surface area contributed by atoms with Crippen LogP contribution in [-0.2, 0) is 19.6 Å². The monoisotopic (exact) mass is 317 g/mol. The second-order valence-electron chi connectivity index (χ2n) is 4.63. The fourth-order valence-electron chi connectivity index (χ4n) is 2.32. The van der Waals surface area contributed by atoms with Gasteiger partial charge in [0.25, 0.3) is 0 Å². The molecule has 1 aromatic heterocycles. The van der Waals surface area contributed by atoms with E-state index >= 15 is 0 Å². The second kappa shape index (κ2) is 5.49. The number of nitrogens with zero attached hydrogens (tertiary/aromatic N) is 1. The minimum absolute atomic E-state index is 0.0199. The van der Waals surface area contributed by atoms with Crippen molar-refractivity contribution in [2.45, 2.75) is 30.7 Å². The average molecular weight is 317 g/mol. The maximum Gasteiger partial charge on any atom is 0.373 e. The smallest absolute Gasteiger partial charge is 0.373 e. The van der Waals surface area contributed by atoms with E-state index in [1.54, 1.807) is 0 Å². The van der Waals surface area contributed by atoms with Crippen molar-refractivity contribution in [3.8, 4) is 0 Å². The number of ether oxygens (including phenoxy) is 1. The van der Waals surface area contributed by atoms with Crippen LogP contribution in [0.1, 0.15) is 29.2 Å². The number of furan rings is 1. The third-order valence-corrected chi connectivity index (χ3v) is 5.35. The van der Waals surface area contributed by atoms with Gasteiger partial charge in [-0.15, -0.1) is 0 Å². The number of carbonyl (C=O) groups excluding carboxylic acids is 1. The zero-order valence-corrected chi connectivity index (χ0v) is 12.3. The molecule has 1 N–H and O–H groups in total. The van der Waals surface area contributed by atoms with Crippen LogP contribution in [0, 0.1) is 6.92 Å². The number of carbonyl (C=O) groups is 2. The highest BCUT2D eigenvalue weighted by Gasteiger charge is 2.41. The number of hydrogen-bond donors (Lipinski definition) is 1. The Kier molecular flexibility index (Phi) is 4.06. The lowest BCUT2D eigenvalue weighted by Gasteiger charge is -2.20. The Balaban J connectivity index is 2.42. The molecule has 0 unspecified atom stereocenters. The molecular weight excluding hydrogens is 302 g/mol. The molecule has 2 rings (SSSR count). The predicted molar refractivity (Wildman–Crippen MR) is 69.3 cm³/mol. The Morgan fingerprint density at radius 1 is 1.48 bits per heavy atom. The van der Waals surface area contributed by atoms with Crippen molar-refractivity contribution in [1.82, 2.24) is 4.31 Å². The van der Waals surface area contributed by atoms with E-state index in [4.69, 9.17) is 9.52 Å². The van der Waals surface area contributed by atoms with Gasteiger partial charge in [0.2, 0.25) is 15.8 Å². The molecule has 8 nitrogen and oxygen atoms in total. The number of aryl methyl sites for hydroxylation is 1. The van der Waals surface area contributed by atoms with Gasteiger partial charge in [0.05, 0.1) is 7.11 Å². The van der Waals surface area contributed by atoms with Gasteiger partial charge in [-0.05, 0) is 19.8 Å². The normalized spacial score (nSPS) is 19.6. The first-order chi connectivity index (χ1) is 9.78. The highest BCUT2D eigenvalue weighted by Crippen LogP contribution is 2.29. The molecule has 1 aromatic rings. The van der Waals surface area contributed by atoms with E-state index in [-0.39, 0.29) is 29.4 Å². The van der Waals surface area contributed by atoms with Crippen molar-refractivity contribution in [3.63, 3.8) is 0 Å². The Labute approximate surface area is 121 Å². The maximum atomic E-state index is 12.5. The zero-order valence-electron chi connectivity index (χ0n) is 11.5. The Hall–Kier alpha value is -1.87. The predicted octanol–water partition coefficient (Wildman–Crippen LogP) is 0.612. The van der Waals surface area contributed by atoms with Crippen LogP contribution in [0.5, 0.6) is 0 Å². The highest BCUT2D eigenvalue weighted by atomic mass is 32.2. The summed E-state index contributed by atoms with van der Waals surface area (Å²) < 4.78 is 35.6. The van der Waals surface area contributed by atoms with Gasteiger partial charge in [-0.2, -0.15) is 4.31 Å². The first kappa shape index (κ1) is 15.5. The number of methoxy groups -OCH3 is 1. The summed E-state index contributed by atoms with van der Waals surface area (Å²) in [6, 6.07) is -0.0286. The first-order valence-electron chi connectivity index (χ1n) is 6.22. The summed E-state index contributed by atoms with van der Waals surface area (Å²) >= 11 is 0. The number of carboxylic acid groups (broad SMARTS) is 1. The molecule has 1 atom stereocenters. The van der Waals surface area contributed by atoms with Crippen molar-refractivity contribution >= 4 is 22.0 Å². The van der Waals surface area contributed by atoms with Gasteiger partial charge in [-0.3, -0.25) is 4.79 Å². The van der Waals surface area contributed by atoms with E-state index in [1.165, 1.54) is 6.92 Å². The first-order valence-corrected chi connectivity index (χ1v) is 7.66. The number of rotatable bonds is 4. The molecule has 1 aliphatic heterocycles. The Morgan fingerprint density at radius 2 is 2.14 bits per heavy atom. The van der Waals surface area contributed by atoms with Crippen molar-refractivity contribution in [2.24, 2.45) is 0 Å². The van der Waals surface area contributed by atoms with Crippen LogP contribution in [0.3, 0.4) is 0 Å². The number of esters is 1. The lowest BCUT2D eigenvalue weighted by Crippen LogP contribution is -2.40. The van der Waals surface area contributed by atoms with Crippen LogP contribution < -0.4 is 0 Å². The lowest BCUT2D eigenvalue weighted by molar-refractivity contribution is -0.140. The SMILES string of the molecule is COC(=O)c1cc(S(=O)(=O)N2CCC[C@H]2C(=O)O)c(C)o1. The summed E-state index contributed by atoms with van der Waals surface area (Å²) in [4.78, 5) is 22.3. The second-order valence-corrected chi connectivity index (χ2v) is 6.49. The van der Waals surface area contributed by atoms with Crippen molar-refractivity contribution in [3.05, 3.63) is 17.6 Å². The van der Waals surface area contributed by atoms with Gasteiger partial charge in [-0.1, -0.05) is 0 Å². The maximum absolute atomic E-state index is 12.5. The third-order valence-electron chi connectivity index (χ3n) is 3.33. The quantitative estimate of drug-likeness (QED) is 0.809.